The Bertz CT molecular complexity index is 441. The lowest BCUT2D eigenvalue weighted by Crippen LogP contribution is -2.51. The number of amides is 1. The van der Waals surface area contributed by atoms with Crippen LogP contribution in [-0.4, -0.2) is 39.9 Å². The lowest BCUT2D eigenvalue weighted by molar-refractivity contribution is -0.134. The first-order valence-electron chi connectivity index (χ1n) is 7.78. The van der Waals surface area contributed by atoms with Crippen LogP contribution in [0.3, 0.4) is 0 Å². The van der Waals surface area contributed by atoms with Crippen molar-refractivity contribution in [2.75, 3.05) is 13.1 Å². The fraction of sp³-hybridized carbons (Fsp3) is 0.733. The van der Waals surface area contributed by atoms with Crippen LogP contribution in [0.2, 0.25) is 0 Å². The Morgan fingerprint density at radius 2 is 2.35 bits per heavy atom. The van der Waals surface area contributed by atoms with E-state index in [1.165, 1.54) is 0 Å². The van der Waals surface area contributed by atoms with Gasteiger partial charge in [-0.25, -0.2) is 4.98 Å². The zero-order valence-corrected chi connectivity index (χ0v) is 12.1. The molecule has 0 bridgehead atoms. The number of hydrogen-bond acceptors (Lipinski definition) is 3. The number of carbonyl (C=O) groups excluding carboxylic acids is 1. The summed E-state index contributed by atoms with van der Waals surface area (Å²) in [6.45, 7) is 4.82. The molecule has 20 heavy (non-hydrogen) atoms. The molecule has 1 aliphatic heterocycles. The van der Waals surface area contributed by atoms with Gasteiger partial charge < -0.3 is 15.2 Å². The number of carbonyl (C=O) groups is 1. The highest BCUT2D eigenvalue weighted by Gasteiger charge is 2.37. The average Bonchev–Trinajstić information content (AvgIpc) is 3.21. The number of hydrogen-bond donors (Lipinski definition) is 2. The van der Waals surface area contributed by atoms with E-state index >= 15 is 0 Å². The Balaban J connectivity index is 1.52. The predicted molar refractivity (Wildman–Crippen MR) is 76.9 cm³/mol. The summed E-state index contributed by atoms with van der Waals surface area (Å²) in [7, 11) is 0. The number of aromatic amines is 1. The van der Waals surface area contributed by atoms with E-state index in [0.29, 0.717) is 23.8 Å². The minimum absolute atomic E-state index is 0.347. The van der Waals surface area contributed by atoms with Crippen LogP contribution in [0.5, 0.6) is 0 Å². The van der Waals surface area contributed by atoms with Gasteiger partial charge in [0.25, 0.3) is 0 Å². The third kappa shape index (κ3) is 3.03. The summed E-state index contributed by atoms with van der Waals surface area (Å²) in [6.07, 6.45) is 8.01. The van der Waals surface area contributed by atoms with Gasteiger partial charge in [-0.15, -0.1) is 0 Å². The monoisotopic (exact) mass is 276 g/mol. The summed E-state index contributed by atoms with van der Waals surface area (Å²) in [5.41, 5.74) is 0. The van der Waals surface area contributed by atoms with E-state index in [0.717, 1.165) is 51.1 Å². The second kappa shape index (κ2) is 5.95. The molecule has 0 unspecified atom stereocenters. The first-order chi connectivity index (χ1) is 9.78. The van der Waals surface area contributed by atoms with Crippen LogP contribution in [0.15, 0.2) is 12.4 Å². The highest BCUT2D eigenvalue weighted by Crippen LogP contribution is 2.33. The molecule has 0 spiro atoms. The van der Waals surface area contributed by atoms with Crippen molar-refractivity contribution in [3.05, 3.63) is 18.2 Å². The van der Waals surface area contributed by atoms with Gasteiger partial charge in [0.2, 0.25) is 5.91 Å². The number of aromatic nitrogens is 2. The van der Waals surface area contributed by atoms with Gasteiger partial charge in [-0.2, -0.15) is 0 Å². The number of nitrogens with zero attached hydrogens (tertiary/aromatic N) is 2. The molecule has 2 fully saturated rings. The molecule has 1 aliphatic carbocycles. The SMILES string of the molecule is CC[C@H]1CN(C(=O)C2CC2)CC[C@@H]1NCc1ncc[nH]1. The second-order valence-electron chi connectivity index (χ2n) is 6.04. The molecule has 1 saturated carbocycles. The number of likely N-dealkylation sites (tertiary alicyclic amines) is 1. The Labute approximate surface area is 120 Å². The van der Waals surface area contributed by atoms with Crippen molar-refractivity contribution in [3.8, 4) is 0 Å². The number of imidazole rings is 1. The molecule has 0 aromatic carbocycles. The van der Waals surface area contributed by atoms with E-state index in [-0.39, 0.29) is 0 Å². The van der Waals surface area contributed by atoms with Crippen LogP contribution in [0.4, 0.5) is 0 Å². The molecule has 1 amide bonds. The van der Waals surface area contributed by atoms with E-state index in [1.807, 2.05) is 6.20 Å². The van der Waals surface area contributed by atoms with E-state index < -0.39 is 0 Å². The van der Waals surface area contributed by atoms with Crippen LogP contribution in [0, 0.1) is 11.8 Å². The van der Waals surface area contributed by atoms with E-state index in [9.17, 15) is 4.79 Å². The predicted octanol–water partition coefficient (Wildman–Crippen LogP) is 1.54. The van der Waals surface area contributed by atoms with Crippen molar-refractivity contribution in [1.82, 2.24) is 20.2 Å². The Kier molecular flexibility index (Phi) is 4.05. The summed E-state index contributed by atoms with van der Waals surface area (Å²) < 4.78 is 0. The molecular weight excluding hydrogens is 252 g/mol. The van der Waals surface area contributed by atoms with Gasteiger partial charge in [0, 0.05) is 37.4 Å². The van der Waals surface area contributed by atoms with Gasteiger partial charge in [-0.1, -0.05) is 13.3 Å². The summed E-state index contributed by atoms with van der Waals surface area (Å²) in [5, 5.41) is 3.60. The maximum absolute atomic E-state index is 12.2. The summed E-state index contributed by atoms with van der Waals surface area (Å²) in [5.74, 6) is 2.28. The van der Waals surface area contributed by atoms with Gasteiger partial charge >= 0.3 is 0 Å². The van der Waals surface area contributed by atoms with Crippen molar-refractivity contribution in [2.24, 2.45) is 11.8 Å². The van der Waals surface area contributed by atoms with Crippen LogP contribution in [0.1, 0.15) is 38.4 Å². The van der Waals surface area contributed by atoms with Gasteiger partial charge in [0.15, 0.2) is 0 Å². The molecule has 2 atom stereocenters. The van der Waals surface area contributed by atoms with Gasteiger partial charge in [-0.3, -0.25) is 4.79 Å². The topological polar surface area (TPSA) is 61.0 Å². The quantitative estimate of drug-likeness (QED) is 0.857. The van der Waals surface area contributed by atoms with E-state index in [4.69, 9.17) is 0 Å². The van der Waals surface area contributed by atoms with Crippen molar-refractivity contribution >= 4 is 5.91 Å². The molecule has 0 radical (unpaired) electrons. The molecular formula is C15H24N4O. The molecule has 1 saturated heterocycles. The van der Waals surface area contributed by atoms with Gasteiger partial charge in [0.1, 0.15) is 5.82 Å². The number of nitrogens with one attached hydrogen (secondary N) is 2. The fourth-order valence-corrected chi connectivity index (χ4v) is 3.13. The molecule has 1 aromatic rings. The smallest absolute Gasteiger partial charge is 0.225 e. The average molecular weight is 276 g/mol. The number of piperidine rings is 1. The molecule has 5 nitrogen and oxygen atoms in total. The summed E-state index contributed by atoms with van der Waals surface area (Å²) in [6, 6.07) is 0.494. The summed E-state index contributed by atoms with van der Waals surface area (Å²) >= 11 is 0. The second-order valence-corrected chi connectivity index (χ2v) is 6.04. The standard InChI is InChI=1S/C15H24N4O/c1-2-11-10-19(15(20)12-3-4-12)8-5-13(11)18-9-14-16-6-7-17-14/h6-7,11-13,18H,2-5,8-10H2,1H3,(H,16,17)/t11-,13-/m0/s1. The minimum Gasteiger partial charge on any atom is -0.348 e. The maximum Gasteiger partial charge on any atom is 0.225 e. The number of rotatable bonds is 5. The van der Waals surface area contributed by atoms with E-state index in [2.05, 4.69) is 27.1 Å². The molecule has 3 rings (SSSR count). The Hall–Kier alpha value is -1.36. The van der Waals surface area contributed by atoms with Crippen molar-refractivity contribution in [2.45, 2.75) is 45.2 Å². The molecule has 1 aromatic heterocycles. The minimum atomic E-state index is 0.347. The molecule has 2 N–H and O–H groups in total. The van der Waals surface area contributed by atoms with Crippen LogP contribution in [0.25, 0.3) is 0 Å². The Morgan fingerprint density at radius 1 is 1.50 bits per heavy atom. The lowest BCUT2D eigenvalue weighted by atomic mass is 9.89. The highest BCUT2D eigenvalue weighted by molar-refractivity contribution is 5.81. The normalized spacial score (nSPS) is 26.8. The molecule has 110 valence electrons. The third-order valence-corrected chi connectivity index (χ3v) is 4.58. The molecule has 5 heteroatoms. The first kappa shape index (κ1) is 13.6. The van der Waals surface area contributed by atoms with Crippen molar-refractivity contribution < 1.29 is 4.79 Å². The largest absolute Gasteiger partial charge is 0.348 e. The van der Waals surface area contributed by atoms with Crippen LogP contribution in [-0.2, 0) is 11.3 Å². The van der Waals surface area contributed by atoms with Gasteiger partial charge in [0.05, 0.1) is 6.54 Å². The summed E-state index contributed by atoms with van der Waals surface area (Å²) in [4.78, 5) is 21.6. The van der Waals surface area contributed by atoms with Crippen molar-refractivity contribution in [3.63, 3.8) is 0 Å². The Morgan fingerprint density at radius 3 is 3.00 bits per heavy atom. The zero-order chi connectivity index (χ0) is 13.9. The first-order valence-corrected chi connectivity index (χ1v) is 7.78. The van der Waals surface area contributed by atoms with E-state index in [1.54, 1.807) is 6.20 Å². The maximum atomic E-state index is 12.2. The van der Waals surface area contributed by atoms with Crippen LogP contribution < -0.4 is 5.32 Å². The lowest BCUT2D eigenvalue weighted by Gasteiger charge is -2.39. The third-order valence-electron chi connectivity index (χ3n) is 4.58. The number of H-pyrrole nitrogens is 1. The zero-order valence-electron chi connectivity index (χ0n) is 12.1. The fourth-order valence-electron chi connectivity index (χ4n) is 3.13. The van der Waals surface area contributed by atoms with Crippen molar-refractivity contribution in [1.29, 1.82) is 0 Å². The van der Waals surface area contributed by atoms with Gasteiger partial charge in [-0.05, 0) is 25.2 Å². The molecule has 2 heterocycles. The highest BCUT2D eigenvalue weighted by atomic mass is 16.2. The molecule has 2 aliphatic rings. The van der Waals surface area contributed by atoms with Crippen LogP contribution >= 0.6 is 0 Å².